The van der Waals surface area contributed by atoms with Crippen molar-refractivity contribution < 1.29 is 14.8 Å². The first kappa shape index (κ1) is 9.98. The maximum Gasteiger partial charge on any atom is 0.247 e. The zero-order chi connectivity index (χ0) is 9.84. The number of hydrogen-bond acceptors (Lipinski definition) is 3. The molecule has 0 aromatic carbocycles. The number of carbonyl (C=O) groups excluding carboxylic acids is 2. The normalized spacial score (nSPS) is 28.1. The molecule has 0 aromatic heterocycles. The van der Waals surface area contributed by atoms with Gasteiger partial charge in [0.05, 0.1) is 5.92 Å². The van der Waals surface area contributed by atoms with Crippen LogP contribution in [0, 0.1) is 11.8 Å². The first-order valence-electron chi connectivity index (χ1n) is 4.40. The van der Waals surface area contributed by atoms with Crippen LogP contribution in [0.4, 0.5) is 0 Å². The van der Waals surface area contributed by atoms with E-state index >= 15 is 0 Å². The summed E-state index contributed by atoms with van der Waals surface area (Å²) in [5.74, 6) is -1.81. The first-order chi connectivity index (χ1) is 6.16. The summed E-state index contributed by atoms with van der Waals surface area (Å²) in [6.45, 7) is 0. The van der Waals surface area contributed by atoms with Crippen LogP contribution in [0.2, 0.25) is 0 Å². The largest absolute Gasteiger partial charge is 0.369 e. The lowest BCUT2D eigenvalue weighted by Gasteiger charge is -2.27. The Bertz CT molecular complexity index is 217. The molecule has 74 valence electrons. The zero-order valence-corrected chi connectivity index (χ0v) is 7.32. The summed E-state index contributed by atoms with van der Waals surface area (Å²) in [6, 6.07) is 0. The Morgan fingerprint density at radius 3 is 2.23 bits per heavy atom. The summed E-state index contributed by atoms with van der Waals surface area (Å²) in [4.78, 5) is 22.1. The van der Waals surface area contributed by atoms with Crippen molar-refractivity contribution in [1.82, 2.24) is 5.48 Å². The van der Waals surface area contributed by atoms with E-state index in [1.54, 1.807) is 5.48 Å². The number of rotatable bonds is 2. The summed E-state index contributed by atoms with van der Waals surface area (Å²) in [6.07, 6.45) is 3.10. The van der Waals surface area contributed by atoms with Crippen molar-refractivity contribution in [2.24, 2.45) is 17.6 Å². The highest BCUT2D eigenvalue weighted by Gasteiger charge is 2.34. The quantitative estimate of drug-likeness (QED) is 0.411. The molecule has 2 amide bonds. The molecule has 0 aromatic rings. The highest BCUT2D eigenvalue weighted by Crippen LogP contribution is 2.29. The Morgan fingerprint density at radius 1 is 1.23 bits per heavy atom. The third-order valence-corrected chi connectivity index (χ3v) is 2.58. The van der Waals surface area contributed by atoms with Crippen molar-refractivity contribution in [2.75, 3.05) is 0 Å². The SMILES string of the molecule is NC(=O)[C@H]1CCCC[C@H]1C(=O)NO. The number of carbonyl (C=O) groups is 2. The third kappa shape index (κ3) is 2.18. The maximum atomic E-state index is 11.1. The number of amides is 2. The van der Waals surface area contributed by atoms with Gasteiger partial charge < -0.3 is 5.73 Å². The van der Waals surface area contributed by atoms with E-state index in [2.05, 4.69) is 0 Å². The van der Waals surface area contributed by atoms with Gasteiger partial charge in [0.15, 0.2) is 0 Å². The molecule has 0 bridgehead atoms. The summed E-state index contributed by atoms with van der Waals surface area (Å²) >= 11 is 0. The van der Waals surface area contributed by atoms with Gasteiger partial charge in [0.25, 0.3) is 0 Å². The van der Waals surface area contributed by atoms with E-state index in [0.717, 1.165) is 12.8 Å². The van der Waals surface area contributed by atoms with Gasteiger partial charge in [0.2, 0.25) is 11.8 Å². The predicted octanol–water partition coefficient (Wildman–Crippen LogP) is -0.217. The van der Waals surface area contributed by atoms with Gasteiger partial charge in [-0.05, 0) is 12.8 Å². The van der Waals surface area contributed by atoms with Gasteiger partial charge in [-0.15, -0.1) is 0 Å². The van der Waals surface area contributed by atoms with Crippen LogP contribution in [-0.4, -0.2) is 17.0 Å². The Labute approximate surface area is 76.2 Å². The molecule has 1 aliphatic rings. The van der Waals surface area contributed by atoms with Gasteiger partial charge >= 0.3 is 0 Å². The second-order valence-electron chi connectivity index (χ2n) is 3.38. The summed E-state index contributed by atoms with van der Waals surface area (Å²) in [5, 5.41) is 8.43. The highest BCUT2D eigenvalue weighted by atomic mass is 16.5. The molecule has 1 fully saturated rings. The van der Waals surface area contributed by atoms with E-state index in [1.807, 2.05) is 0 Å². The molecule has 4 N–H and O–H groups in total. The van der Waals surface area contributed by atoms with Gasteiger partial charge in [-0.1, -0.05) is 12.8 Å². The molecule has 5 heteroatoms. The van der Waals surface area contributed by atoms with E-state index in [4.69, 9.17) is 10.9 Å². The van der Waals surface area contributed by atoms with Crippen LogP contribution in [0.15, 0.2) is 0 Å². The molecule has 0 spiro atoms. The molecule has 2 atom stereocenters. The standard InChI is InChI=1S/C8H14N2O3/c9-7(11)5-3-1-2-4-6(5)8(12)10-13/h5-6,13H,1-4H2,(H2,9,11)(H,10,12)/t5-,6+/m0/s1. The molecular weight excluding hydrogens is 172 g/mol. The number of nitrogens with two attached hydrogens (primary N) is 1. The van der Waals surface area contributed by atoms with Crippen molar-refractivity contribution in [3.63, 3.8) is 0 Å². The molecule has 0 aliphatic heterocycles. The Morgan fingerprint density at radius 2 is 1.77 bits per heavy atom. The molecule has 0 radical (unpaired) electrons. The van der Waals surface area contributed by atoms with Gasteiger partial charge in [-0.3, -0.25) is 14.8 Å². The van der Waals surface area contributed by atoms with Crippen molar-refractivity contribution in [3.05, 3.63) is 0 Å². The third-order valence-electron chi connectivity index (χ3n) is 2.58. The molecule has 1 saturated carbocycles. The summed E-state index contributed by atoms with van der Waals surface area (Å²) in [5.41, 5.74) is 6.72. The molecule has 1 aliphatic carbocycles. The minimum absolute atomic E-state index is 0.416. The Balaban J connectivity index is 2.67. The predicted molar refractivity (Wildman–Crippen MR) is 44.6 cm³/mol. The average Bonchev–Trinajstić information content (AvgIpc) is 2.16. The average molecular weight is 186 g/mol. The number of hydrogen-bond donors (Lipinski definition) is 3. The Hall–Kier alpha value is -1.10. The van der Waals surface area contributed by atoms with Crippen LogP contribution >= 0.6 is 0 Å². The molecule has 0 heterocycles. The van der Waals surface area contributed by atoms with E-state index in [9.17, 15) is 9.59 Å². The van der Waals surface area contributed by atoms with E-state index in [-0.39, 0.29) is 0 Å². The molecule has 13 heavy (non-hydrogen) atoms. The minimum atomic E-state index is -0.497. The van der Waals surface area contributed by atoms with Crippen LogP contribution < -0.4 is 11.2 Å². The van der Waals surface area contributed by atoms with Crippen molar-refractivity contribution in [3.8, 4) is 0 Å². The molecule has 1 rings (SSSR count). The van der Waals surface area contributed by atoms with Crippen molar-refractivity contribution >= 4 is 11.8 Å². The fraction of sp³-hybridized carbons (Fsp3) is 0.750. The van der Waals surface area contributed by atoms with Gasteiger partial charge in [-0.25, -0.2) is 5.48 Å². The maximum absolute atomic E-state index is 11.1. The first-order valence-corrected chi connectivity index (χ1v) is 4.40. The fourth-order valence-corrected chi connectivity index (χ4v) is 1.87. The van der Waals surface area contributed by atoms with E-state index in [1.165, 1.54) is 0 Å². The van der Waals surface area contributed by atoms with Crippen LogP contribution in [0.1, 0.15) is 25.7 Å². The zero-order valence-electron chi connectivity index (χ0n) is 7.32. The van der Waals surface area contributed by atoms with Gasteiger partial charge in [0, 0.05) is 5.92 Å². The van der Waals surface area contributed by atoms with E-state index < -0.39 is 23.7 Å². The van der Waals surface area contributed by atoms with E-state index in [0.29, 0.717) is 12.8 Å². The lowest BCUT2D eigenvalue weighted by molar-refractivity contribution is -0.140. The summed E-state index contributed by atoms with van der Waals surface area (Å²) < 4.78 is 0. The number of primary amides is 1. The highest BCUT2D eigenvalue weighted by molar-refractivity contribution is 5.86. The smallest absolute Gasteiger partial charge is 0.247 e. The molecule has 5 nitrogen and oxygen atoms in total. The second kappa shape index (κ2) is 4.23. The topological polar surface area (TPSA) is 92.4 Å². The molecule has 0 saturated heterocycles. The molecular formula is C8H14N2O3. The number of nitrogens with one attached hydrogen (secondary N) is 1. The van der Waals surface area contributed by atoms with Crippen LogP contribution in [0.25, 0.3) is 0 Å². The molecule has 0 unspecified atom stereocenters. The lowest BCUT2D eigenvalue weighted by Crippen LogP contribution is -2.41. The Kier molecular flexibility index (Phi) is 3.25. The lowest BCUT2D eigenvalue weighted by atomic mass is 9.78. The monoisotopic (exact) mass is 186 g/mol. The summed E-state index contributed by atoms with van der Waals surface area (Å²) in [7, 11) is 0. The minimum Gasteiger partial charge on any atom is -0.369 e. The van der Waals surface area contributed by atoms with Crippen LogP contribution in [0.5, 0.6) is 0 Å². The van der Waals surface area contributed by atoms with Crippen molar-refractivity contribution in [2.45, 2.75) is 25.7 Å². The van der Waals surface area contributed by atoms with Crippen molar-refractivity contribution in [1.29, 1.82) is 0 Å². The second-order valence-corrected chi connectivity index (χ2v) is 3.38. The van der Waals surface area contributed by atoms with Crippen LogP contribution in [0.3, 0.4) is 0 Å². The number of hydroxylamine groups is 1. The fourth-order valence-electron chi connectivity index (χ4n) is 1.87. The van der Waals surface area contributed by atoms with Crippen LogP contribution in [-0.2, 0) is 9.59 Å². The van der Waals surface area contributed by atoms with Gasteiger partial charge in [-0.2, -0.15) is 0 Å². The van der Waals surface area contributed by atoms with Gasteiger partial charge in [0.1, 0.15) is 0 Å².